The SMILES string of the molecule is OCCCOC1CCN(Cc2cc(Br)ccc2F)CC1. The van der Waals surface area contributed by atoms with Crippen LogP contribution in [0.2, 0.25) is 0 Å². The van der Waals surface area contributed by atoms with E-state index in [2.05, 4.69) is 20.8 Å². The van der Waals surface area contributed by atoms with Gasteiger partial charge in [0.25, 0.3) is 0 Å². The van der Waals surface area contributed by atoms with Gasteiger partial charge < -0.3 is 9.84 Å². The lowest BCUT2D eigenvalue weighted by Crippen LogP contribution is -2.36. The number of piperidine rings is 1. The molecule has 2 rings (SSSR count). The number of aliphatic hydroxyl groups is 1. The number of benzene rings is 1. The molecule has 1 N–H and O–H groups in total. The number of ether oxygens (including phenoxy) is 1. The maximum Gasteiger partial charge on any atom is 0.127 e. The fourth-order valence-corrected chi connectivity index (χ4v) is 2.86. The van der Waals surface area contributed by atoms with Gasteiger partial charge in [0.2, 0.25) is 0 Å². The van der Waals surface area contributed by atoms with E-state index in [9.17, 15) is 4.39 Å². The highest BCUT2D eigenvalue weighted by atomic mass is 79.9. The summed E-state index contributed by atoms with van der Waals surface area (Å²) in [6.07, 6.45) is 2.93. The summed E-state index contributed by atoms with van der Waals surface area (Å²) in [6.45, 7) is 3.31. The van der Waals surface area contributed by atoms with Gasteiger partial charge >= 0.3 is 0 Å². The second-order valence-corrected chi connectivity index (χ2v) is 6.07. The van der Waals surface area contributed by atoms with Gasteiger partial charge in [-0.25, -0.2) is 4.39 Å². The number of likely N-dealkylation sites (tertiary alicyclic amines) is 1. The van der Waals surface area contributed by atoms with E-state index in [1.165, 1.54) is 6.07 Å². The minimum atomic E-state index is -0.144. The van der Waals surface area contributed by atoms with Crippen molar-refractivity contribution in [3.05, 3.63) is 34.1 Å². The number of hydrogen-bond acceptors (Lipinski definition) is 3. The fraction of sp³-hybridized carbons (Fsp3) is 0.600. The van der Waals surface area contributed by atoms with Crippen LogP contribution in [-0.2, 0) is 11.3 Å². The van der Waals surface area contributed by atoms with Crippen LogP contribution in [0.4, 0.5) is 4.39 Å². The van der Waals surface area contributed by atoms with Gasteiger partial charge in [0.05, 0.1) is 6.10 Å². The Morgan fingerprint density at radius 3 is 2.80 bits per heavy atom. The third-order valence-corrected chi connectivity index (χ3v) is 4.09. The van der Waals surface area contributed by atoms with Crippen LogP contribution >= 0.6 is 15.9 Å². The quantitative estimate of drug-likeness (QED) is 0.804. The first-order chi connectivity index (χ1) is 9.69. The Morgan fingerprint density at radius 2 is 2.10 bits per heavy atom. The van der Waals surface area contributed by atoms with Gasteiger partial charge in [-0.2, -0.15) is 0 Å². The molecule has 0 aliphatic carbocycles. The van der Waals surface area contributed by atoms with Crippen molar-refractivity contribution >= 4 is 15.9 Å². The van der Waals surface area contributed by atoms with E-state index < -0.39 is 0 Å². The van der Waals surface area contributed by atoms with E-state index >= 15 is 0 Å². The first-order valence-electron chi connectivity index (χ1n) is 7.08. The summed E-state index contributed by atoms with van der Waals surface area (Å²) >= 11 is 3.38. The highest BCUT2D eigenvalue weighted by Crippen LogP contribution is 2.20. The van der Waals surface area contributed by atoms with Gasteiger partial charge in [-0.05, 0) is 37.5 Å². The predicted octanol–water partition coefficient (Wildman–Crippen LogP) is 2.95. The number of nitrogens with zero attached hydrogens (tertiary/aromatic N) is 1. The second kappa shape index (κ2) is 8.08. The molecule has 0 spiro atoms. The zero-order valence-corrected chi connectivity index (χ0v) is 13.1. The highest BCUT2D eigenvalue weighted by Gasteiger charge is 2.20. The van der Waals surface area contributed by atoms with Crippen molar-refractivity contribution in [3.63, 3.8) is 0 Å². The van der Waals surface area contributed by atoms with E-state index in [0.717, 1.165) is 36.0 Å². The standard InChI is InChI=1S/C15H21BrFNO2/c16-13-2-3-15(17)12(10-13)11-18-6-4-14(5-7-18)20-9-1-8-19/h2-3,10,14,19H,1,4-9,11H2. The Morgan fingerprint density at radius 1 is 1.35 bits per heavy atom. The third kappa shape index (κ3) is 4.81. The van der Waals surface area contributed by atoms with Gasteiger partial charge in [0.15, 0.2) is 0 Å². The van der Waals surface area contributed by atoms with Crippen molar-refractivity contribution in [1.29, 1.82) is 0 Å². The molecule has 20 heavy (non-hydrogen) atoms. The molecule has 1 aliphatic heterocycles. The average molecular weight is 346 g/mol. The Balaban J connectivity index is 1.78. The van der Waals surface area contributed by atoms with Crippen LogP contribution in [0, 0.1) is 5.82 Å². The van der Waals surface area contributed by atoms with Crippen LogP contribution in [0.1, 0.15) is 24.8 Å². The topological polar surface area (TPSA) is 32.7 Å². The predicted molar refractivity (Wildman–Crippen MR) is 80.1 cm³/mol. The second-order valence-electron chi connectivity index (χ2n) is 5.16. The van der Waals surface area contributed by atoms with Gasteiger partial charge in [-0.1, -0.05) is 15.9 Å². The minimum absolute atomic E-state index is 0.144. The number of rotatable bonds is 6. The third-order valence-electron chi connectivity index (χ3n) is 3.59. The molecule has 0 atom stereocenters. The summed E-state index contributed by atoms with van der Waals surface area (Å²) in [5.74, 6) is -0.144. The monoisotopic (exact) mass is 345 g/mol. The molecule has 1 aromatic rings. The van der Waals surface area contributed by atoms with Crippen LogP contribution in [-0.4, -0.2) is 42.4 Å². The lowest BCUT2D eigenvalue weighted by Gasteiger charge is -2.32. The lowest BCUT2D eigenvalue weighted by molar-refractivity contribution is 0.000628. The van der Waals surface area contributed by atoms with E-state index in [1.54, 1.807) is 6.07 Å². The molecule has 0 saturated carbocycles. The molecule has 0 bridgehead atoms. The van der Waals surface area contributed by atoms with Crippen LogP contribution < -0.4 is 0 Å². The molecule has 0 unspecified atom stereocenters. The normalized spacial score (nSPS) is 17.6. The number of halogens is 2. The largest absolute Gasteiger partial charge is 0.396 e. The molecule has 0 amide bonds. The van der Waals surface area contributed by atoms with Crippen LogP contribution in [0.25, 0.3) is 0 Å². The molecule has 0 aromatic heterocycles. The van der Waals surface area contributed by atoms with Crippen molar-refractivity contribution < 1.29 is 14.2 Å². The van der Waals surface area contributed by atoms with Crippen LogP contribution in [0.5, 0.6) is 0 Å². The Labute approximate surface area is 127 Å². The molecule has 112 valence electrons. The smallest absolute Gasteiger partial charge is 0.127 e. The summed E-state index contributed by atoms with van der Waals surface area (Å²) in [6, 6.07) is 5.07. The summed E-state index contributed by atoms with van der Waals surface area (Å²) in [5.41, 5.74) is 0.735. The molecule has 3 nitrogen and oxygen atoms in total. The summed E-state index contributed by atoms with van der Waals surface area (Å²) in [5, 5.41) is 8.72. The van der Waals surface area contributed by atoms with E-state index in [1.807, 2.05) is 6.07 Å². The first kappa shape index (κ1) is 15.9. The van der Waals surface area contributed by atoms with Gasteiger partial charge in [0.1, 0.15) is 5.82 Å². The summed E-state index contributed by atoms with van der Waals surface area (Å²) in [4.78, 5) is 2.26. The molecule has 1 aromatic carbocycles. The van der Waals surface area contributed by atoms with Gasteiger partial charge in [-0.3, -0.25) is 4.90 Å². The molecule has 1 heterocycles. The molecule has 1 fully saturated rings. The zero-order valence-electron chi connectivity index (χ0n) is 11.5. The minimum Gasteiger partial charge on any atom is -0.396 e. The van der Waals surface area contributed by atoms with Crippen LogP contribution in [0.15, 0.2) is 22.7 Å². The Hall–Kier alpha value is -0.490. The molecule has 5 heteroatoms. The maximum absolute atomic E-state index is 13.7. The van der Waals surface area contributed by atoms with Crippen molar-refractivity contribution in [3.8, 4) is 0 Å². The maximum atomic E-state index is 13.7. The molecule has 1 aliphatic rings. The van der Waals surface area contributed by atoms with Crippen molar-refractivity contribution in [2.24, 2.45) is 0 Å². The summed E-state index contributed by atoms with van der Waals surface area (Å²) in [7, 11) is 0. The number of hydrogen-bond donors (Lipinski definition) is 1. The van der Waals surface area contributed by atoms with E-state index in [-0.39, 0.29) is 18.5 Å². The fourth-order valence-electron chi connectivity index (χ4n) is 2.45. The zero-order chi connectivity index (χ0) is 14.4. The van der Waals surface area contributed by atoms with Crippen molar-refractivity contribution in [2.75, 3.05) is 26.3 Å². The van der Waals surface area contributed by atoms with Crippen LogP contribution in [0.3, 0.4) is 0 Å². The van der Waals surface area contributed by atoms with Gasteiger partial charge in [-0.15, -0.1) is 0 Å². The van der Waals surface area contributed by atoms with Crippen molar-refractivity contribution in [2.45, 2.75) is 31.9 Å². The van der Waals surface area contributed by atoms with Crippen molar-refractivity contribution in [1.82, 2.24) is 4.90 Å². The number of aliphatic hydroxyl groups excluding tert-OH is 1. The molecule has 0 radical (unpaired) electrons. The van der Waals surface area contributed by atoms with E-state index in [0.29, 0.717) is 19.6 Å². The Kier molecular flexibility index (Phi) is 6.42. The highest BCUT2D eigenvalue weighted by molar-refractivity contribution is 9.10. The summed E-state index contributed by atoms with van der Waals surface area (Å²) < 4.78 is 20.3. The average Bonchev–Trinajstić information content (AvgIpc) is 2.45. The van der Waals surface area contributed by atoms with E-state index in [4.69, 9.17) is 9.84 Å². The molecular formula is C15H21BrFNO2. The Bertz CT molecular complexity index is 422. The van der Waals surface area contributed by atoms with Gasteiger partial charge in [0, 0.05) is 42.9 Å². The molecular weight excluding hydrogens is 325 g/mol. The lowest BCUT2D eigenvalue weighted by atomic mass is 10.1. The first-order valence-corrected chi connectivity index (χ1v) is 7.87. The molecule has 1 saturated heterocycles.